The molecule has 0 radical (unpaired) electrons. The highest BCUT2D eigenvalue weighted by molar-refractivity contribution is 7.91. The number of fused-ring (bicyclic) bond motifs is 1. The van der Waals surface area contributed by atoms with E-state index in [1.165, 1.54) is 6.07 Å². The van der Waals surface area contributed by atoms with Gasteiger partial charge in [0.15, 0.2) is 11.5 Å². The molecule has 0 saturated heterocycles. The molecule has 0 bridgehead atoms. The maximum absolute atomic E-state index is 12.0. The summed E-state index contributed by atoms with van der Waals surface area (Å²) in [4.78, 5) is 0. The van der Waals surface area contributed by atoms with E-state index in [1.54, 1.807) is 24.3 Å². The number of ether oxygens (including phenoxy) is 3. The summed E-state index contributed by atoms with van der Waals surface area (Å²) in [6.07, 6.45) is 0. The summed E-state index contributed by atoms with van der Waals surface area (Å²) in [6.45, 7) is 0.534. The molecule has 22 heavy (non-hydrogen) atoms. The van der Waals surface area contributed by atoms with Crippen molar-refractivity contribution in [2.45, 2.75) is 4.21 Å². The van der Waals surface area contributed by atoms with E-state index >= 15 is 0 Å². The quantitative estimate of drug-likeness (QED) is 0.800. The van der Waals surface area contributed by atoms with Gasteiger partial charge in [0.1, 0.15) is 16.6 Å². The molecule has 3 rings (SSSR count). The number of halogens is 1. The van der Waals surface area contributed by atoms with Crippen LogP contribution in [-0.4, -0.2) is 28.4 Å². The van der Waals surface area contributed by atoms with Crippen molar-refractivity contribution >= 4 is 33.0 Å². The van der Waals surface area contributed by atoms with E-state index < -0.39 is 10.0 Å². The molecule has 0 unspecified atom stereocenters. The molecule has 6 nitrogen and oxygen atoms in total. The summed E-state index contributed by atoms with van der Waals surface area (Å²) in [5, 5.41) is 0. The van der Waals surface area contributed by atoms with Gasteiger partial charge in [0.05, 0.1) is 4.34 Å². The number of rotatable bonds is 6. The Labute approximate surface area is 136 Å². The van der Waals surface area contributed by atoms with Gasteiger partial charge in [-0.15, -0.1) is 11.3 Å². The third-order valence-electron chi connectivity index (χ3n) is 2.82. The van der Waals surface area contributed by atoms with Gasteiger partial charge >= 0.3 is 0 Å². The van der Waals surface area contributed by atoms with Crippen molar-refractivity contribution in [3.05, 3.63) is 34.7 Å². The van der Waals surface area contributed by atoms with Crippen LogP contribution in [0.15, 0.2) is 34.5 Å². The topological polar surface area (TPSA) is 73.9 Å². The smallest absolute Gasteiger partial charge is 0.250 e. The molecule has 1 aromatic carbocycles. The van der Waals surface area contributed by atoms with Crippen molar-refractivity contribution in [1.82, 2.24) is 4.72 Å². The number of thiophene rings is 1. The molecule has 0 fully saturated rings. The zero-order valence-electron chi connectivity index (χ0n) is 11.2. The van der Waals surface area contributed by atoms with Crippen LogP contribution in [0.3, 0.4) is 0 Å². The zero-order chi connectivity index (χ0) is 15.6. The Hall–Kier alpha value is -1.48. The Balaban J connectivity index is 1.51. The van der Waals surface area contributed by atoms with Crippen LogP contribution in [0.2, 0.25) is 4.34 Å². The summed E-state index contributed by atoms with van der Waals surface area (Å²) in [7, 11) is -3.54. The van der Waals surface area contributed by atoms with Gasteiger partial charge in [0.2, 0.25) is 16.8 Å². The van der Waals surface area contributed by atoms with E-state index in [-0.39, 0.29) is 24.2 Å². The summed E-state index contributed by atoms with van der Waals surface area (Å²) in [5.74, 6) is 1.87. The molecule has 1 aliphatic rings. The fourth-order valence-corrected chi connectivity index (χ4v) is 4.37. The summed E-state index contributed by atoms with van der Waals surface area (Å²) in [5.41, 5.74) is 0. The van der Waals surface area contributed by atoms with Crippen LogP contribution in [0, 0.1) is 0 Å². The van der Waals surface area contributed by atoms with Gasteiger partial charge in [0, 0.05) is 12.6 Å². The second kappa shape index (κ2) is 6.33. The maximum atomic E-state index is 12.0. The number of nitrogens with one attached hydrogen (secondary N) is 1. The Morgan fingerprint density at radius 1 is 1.23 bits per heavy atom. The van der Waals surface area contributed by atoms with Crippen molar-refractivity contribution in [3.8, 4) is 17.2 Å². The van der Waals surface area contributed by atoms with E-state index in [1.807, 2.05) is 0 Å². The SMILES string of the molecule is O=S(=O)(NCCOc1ccc2c(c1)OCO2)c1ccc(Cl)s1. The first-order chi connectivity index (χ1) is 10.5. The second-order valence-corrected chi connectivity index (χ2v) is 8.03. The molecule has 2 heterocycles. The Kier molecular flexibility index (Phi) is 4.44. The van der Waals surface area contributed by atoms with Gasteiger partial charge in [-0.1, -0.05) is 11.6 Å². The average Bonchev–Trinajstić information content (AvgIpc) is 3.12. The lowest BCUT2D eigenvalue weighted by Gasteiger charge is -2.08. The predicted octanol–water partition coefficient (Wildman–Crippen LogP) is 2.49. The van der Waals surface area contributed by atoms with Crippen molar-refractivity contribution < 1.29 is 22.6 Å². The Morgan fingerprint density at radius 2 is 2.05 bits per heavy atom. The van der Waals surface area contributed by atoms with E-state index in [2.05, 4.69) is 4.72 Å². The first-order valence-corrected chi connectivity index (χ1v) is 9.00. The van der Waals surface area contributed by atoms with Gasteiger partial charge in [0.25, 0.3) is 0 Å². The van der Waals surface area contributed by atoms with E-state index in [4.69, 9.17) is 25.8 Å². The standard InChI is InChI=1S/C13H12ClNO5S2/c14-12-3-4-13(21-12)22(16,17)15-5-6-18-9-1-2-10-11(7-9)20-8-19-10/h1-4,7,15H,5-6,8H2. The summed E-state index contributed by atoms with van der Waals surface area (Å²) >= 11 is 6.74. The fraction of sp³-hybridized carbons (Fsp3) is 0.231. The lowest BCUT2D eigenvalue weighted by atomic mass is 10.3. The van der Waals surface area contributed by atoms with Crippen LogP contribution in [0.4, 0.5) is 0 Å². The minimum Gasteiger partial charge on any atom is -0.492 e. The molecule has 9 heteroatoms. The highest BCUT2D eigenvalue weighted by atomic mass is 35.5. The minimum atomic E-state index is -3.54. The molecule has 0 atom stereocenters. The lowest BCUT2D eigenvalue weighted by Crippen LogP contribution is -2.27. The molecule has 1 aliphatic heterocycles. The molecule has 1 aromatic heterocycles. The molecule has 0 saturated carbocycles. The van der Waals surface area contributed by atoms with Crippen LogP contribution >= 0.6 is 22.9 Å². The monoisotopic (exact) mass is 361 g/mol. The molecule has 1 N–H and O–H groups in total. The molecule has 2 aromatic rings. The van der Waals surface area contributed by atoms with Crippen LogP contribution < -0.4 is 18.9 Å². The predicted molar refractivity (Wildman–Crippen MR) is 82.6 cm³/mol. The zero-order valence-corrected chi connectivity index (χ0v) is 13.6. The van der Waals surface area contributed by atoms with Gasteiger partial charge < -0.3 is 14.2 Å². The molecule has 0 aliphatic carbocycles. The maximum Gasteiger partial charge on any atom is 0.250 e. The van der Waals surface area contributed by atoms with Crippen molar-refractivity contribution in [1.29, 1.82) is 0 Å². The Morgan fingerprint density at radius 3 is 2.82 bits per heavy atom. The third-order valence-corrected chi connectivity index (χ3v) is 6.00. The van der Waals surface area contributed by atoms with Crippen molar-refractivity contribution in [2.24, 2.45) is 0 Å². The fourth-order valence-electron chi connectivity index (χ4n) is 1.82. The molecular formula is C13H12ClNO5S2. The van der Waals surface area contributed by atoms with Crippen LogP contribution in [-0.2, 0) is 10.0 Å². The number of sulfonamides is 1. The van der Waals surface area contributed by atoms with Gasteiger partial charge in [-0.2, -0.15) is 0 Å². The third kappa shape index (κ3) is 3.46. The van der Waals surface area contributed by atoms with Crippen molar-refractivity contribution in [2.75, 3.05) is 19.9 Å². The second-order valence-electron chi connectivity index (χ2n) is 4.32. The molecule has 0 spiro atoms. The lowest BCUT2D eigenvalue weighted by molar-refractivity contribution is 0.173. The minimum absolute atomic E-state index is 0.145. The molecule has 118 valence electrons. The van der Waals surface area contributed by atoms with Crippen LogP contribution in [0.25, 0.3) is 0 Å². The largest absolute Gasteiger partial charge is 0.492 e. The van der Waals surface area contributed by atoms with E-state index in [0.29, 0.717) is 21.6 Å². The van der Waals surface area contributed by atoms with Gasteiger partial charge in [-0.25, -0.2) is 13.1 Å². The van der Waals surface area contributed by atoms with E-state index in [9.17, 15) is 8.42 Å². The normalized spacial score (nSPS) is 13.3. The molecular weight excluding hydrogens is 350 g/mol. The van der Waals surface area contributed by atoms with Crippen molar-refractivity contribution in [3.63, 3.8) is 0 Å². The van der Waals surface area contributed by atoms with Crippen LogP contribution in [0.5, 0.6) is 17.2 Å². The van der Waals surface area contributed by atoms with Gasteiger partial charge in [-0.3, -0.25) is 0 Å². The number of hydrogen-bond donors (Lipinski definition) is 1. The summed E-state index contributed by atoms with van der Waals surface area (Å²) < 4.78 is 42.9. The number of benzene rings is 1. The highest BCUT2D eigenvalue weighted by Gasteiger charge is 2.16. The molecule has 0 amide bonds. The van der Waals surface area contributed by atoms with E-state index in [0.717, 1.165) is 11.3 Å². The van der Waals surface area contributed by atoms with Gasteiger partial charge in [-0.05, 0) is 24.3 Å². The first kappa shape index (κ1) is 15.4. The highest BCUT2D eigenvalue weighted by Crippen LogP contribution is 2.35. The first-order valence-electron chi connectivity index (χ1n) is 6.32. The van der Waals surface area contributed by atoms with Crippen LogP contribution in [0.1, 0.15) is 0 Å². The number of hydrogen-bond acceptors (Lipinski definition) is 6. The average molecular weight is 362 g/mol. The summed E-state index contributed by atoms with van der Waals surface area (Å²) in [6, 6.07) is 8.20. The Bertz CT molecular complexity index is 774.